The van der Waals surface area contributed by atoms with Crippen molar-refractivity contribution in [2.24, 2.45) is 0 Å². The fraction of sp³-hybridized carbons (Fsp3) is 0.238. The van der Waals surface area contributed by atoms with Crippen molar-refractivity contribution in [1.82, 2.24) is 4.90 Å². The number of benzene rings is 2. The number of ether oxygens (including phenoxy) is 1. The quantitative estimate of drug-likeness (QED) is 0.291. The fourth-order valence-corrected chi connectivity index (χ4v) is 2.58. The highest BCUT2D eigenvalue weighted by molar-refractivity contribution is 7.80. The Balaban J connectivity index is 2.76. The number of nitrogens with zero attached hydrogens (tertiary/aromatic N) is 2. The van der Waals surface area contributed by atoms with Crippen molar-refractivity contribution in [1.29, 1.82) is 5.26 Å². The van der Waals surface area contributed by atoms with Crippen LogP contribution >= 0.6 is 12.2 Å². The van der Waals surface area contributed by atoms with Gasteiger partial charge in [0, 0.05) is 19.7 Å². The third-order valence-electron chi connectivity index (χ3n) is 4.02. The summed E-state index contributed by atoms with van der Waals surface area (Å²) in [4.78, 5) is 1.45. The lowest BCUT2D eigenvalue weighted by Gasteiger charge is -2.20. The minimum Gasteiger partial charge on any atom is -0.430 e. The van der Waals surface area contributed by atoms with Gasteiger partial charge in [-0.15, -0.1) is 0 Å². The molecule has 0 bridgehead atoms. The molecule has 0 heterocycles. The molecule has 2 aromatic carbocycles. The molecule has 0 saturated carbocycles. The van der Waals surface area contributed by atoms with Gasteiger partial charge in [-0.2, -0.15) is 18.4 Å². The van der Waals surface area contributed by atoms with Crippen LogP contribution < -0.4 is 0 Å². The zero-order valence-electron chi connectivity index (χ0n) is 15.7. The van der Waals surface area contributed by atoms with E-state index in [-0.39, 0.29) is 22.1 Å². The SMILES string of the molecule is CCc1ccc(C(C#N)=C(OC(=S)N(C)C)c2ccccc2C(F)(F)F)cc1. The van der Waals surface area contributed by atoms with Crippen LogP contribution in [0.2, 0.25) is 0 Å². The van der Waals surface area contributed by atoms with Crippen molar-refractivity contribution in [3.63, 3.8) is 0 Å². The lowest BCUT2D eigenvalue weighted by Crippen LogP contribution is -2.23. The number of allylic oxidation sites excluding steroid dienone is 1. The van der Waals surface area contributed by atoms with Gasteiger partial charge >= 0.3 is 6.18 Å². The first-order chi connectivity index (χ1) is 13.2. The maximum atomic E-state index is 13.6. The summed E-state index contributed by atoms with van der Waals surface area (Å²) in [7, 11) is 3.22. The van der Waals surface area contributed by atoms with E-state index < -0.39 is 11.7 Å². The van der Waals surface area contributed by atoms with Gasteiger partial charge in [0.1, 0.15) is 11.6 Å². The number of nitriles is 1. The number of thiocarbonyl (C=S) groups is 1. The third-order valence-corrected chi connectivity index (χ3v) is 4.47. The molecule has 2 aromatic rings. The van der Waals surface area contributed by atoms with Crippen molar-refractivity contribution in [3.05, 3.63) is 70.8 Å². The molecular weight excluding hydrogens is 385 g/mol. The standard InChI is InChI=1S/C21H19F3N2OS/c1-4-14-9-11-15(12-10-14)17(13-25)19(27-20(28)26(2)3)16-7-5-6-8-18(16)21(22,23)24/h5-12H,4H2,1-3H3. The number of alkyl halides is 3. The smallest absolute Gasteiger partial charge is 0.417 e. The van der Waals surface area contributed by atoms with Crippen LogP contribution in [0, 0.1) is 11.3 Å². The molecule has 0 spiro atoms. The molecule has 0 amide bonds. The maximum absolute atomic E-state index is 13.6. The van der Waals surface area contributed by atoms with Gasteiger partial charge in [0.2, 0.25) is 0 Å². The molecule has 0 saturated heterocycles. The second kappa shape index (κ2) is 8.89. The molecule has 0 radical (unpaired) electrons. The highest BCUT2D eigenvalue weighted by Gasteiger charge is 2.35. The summed E-state index contributed by atoms with van der Waals surface area (Å²) in [6, 6.07) is 14.0. The Bertz CT molecular complexity index is 926. The van der Waals surface area contributed by atoms with E-state index in [0.29, 0.717) is 5.56 Å². The van der Waals surface area contributed by atoms with Crippen LogP contribution in [-0.4, -0.2) is 24.2 Å². The van der Waals surface area contributed by atoms with Crippen LogP contribution in [0.5, 0.6) is 0 Å². The van der Waals surface area contributed by atoms with Crippen LogP contribution in [0.1, 0.15) is 29.2 Å². The van der Waals surface area contributed by atoms with E-state index in [1.165, 1.54) is 23.1 Å². The minimum absolute atomic E-state index is 0.0245. The number of hydrogen-bond acceptors (Lipinski definition) is 3. The summed E-state index contributed by atoms with van der Waals surface area (Å²) < 4.78 is 46.3. The molecule has 0 aliphatic rings. The summed E-state index contributed by atoms with van der Waals surface area (Å²) >= 11 is 5.13. The number of halogens is 3. The Morgan fingerprint density at radius 3 is 2.21 bits per heavy atom. The lowest BCUT2D eigenvalue weighted by molar-refractivity contribution is -0.137. The van der Waals surface area contributed by atoms with Gasteiger partial charge in [-0.25, -0.2) is 0 Å². The first kappa shape index (κ1) is 21.5. The van der Waals surface area contributed by atoms with Gasteiger partial charge in [0.15, 0.2) is 5.76 Å². The van der Waals surface area contributed by atoms with E-state index in [9.17, 15) is 18.4 Å². The second-order valence-corrected chi connectivity index (χ2v) is 6.52. The van der Waals surface area contributed by atoms with Crippen LogP contribution in [0.25, 0.3) is 11.3 Å². The summed E-state index contributed by atoms with van der Waals surface area (Å²) in [5.74, 6) is -0.224. The molecule has 7 heteroatoms. The Morgan fingerprint density at radius 2 is 1.71 bits per heavy atom. The number of hydrogen-bond donors (Lipinski definition) is 0. The van der Waals surface area contributed by atoms with Crippen LogP contribution in [0.15, 0.2) is 48.5 Å². The highest BCUT2D eigenvalue weighted by Crippen LogP contribution is 2.38. The average molecular weight is 404 g/mol. The Morgan fingerprint density at radius 1 is 1.11 bits per heavy atom. The van der Waals surface area contributed by atoms with Crippen LogP contribution in [0.3, 0.4) is 0 Å². The predicted molar refractivity (Wildman–Crippen MR) is 107 cm³/mol. The first-order valence-electron chi connectivity index (χ1n) is 8.48. The summed E-state index contributed by atoms with van der Waals surface area (Å²) in [6.07, 6.45) is -3.81. The van der Waals surface area contributed by atoms with E-state index in [2.05, 4.69) is 0 Å². The molecule has 2 rings (SSSR count). The van der Waals surface area contributed by atoms with E-state index in [4.69, 9.17) is 17.0 Å². The first-order valence-corrected chi connectivity index (χ1v) is 8.89. The van der Waals surface area contributed by atoms with E-state index in [1.54, 1.807) is 26.2 Å². The van der Waals surface area contributed by atoms with Gasteiger partial charge in [-0.05, 0) is 35.8 Å². The molecule has 0 fully saturated rings. The average Bonchev–Trinajstić information content (AvgIpc) is 2.67. The second-order valence-electron chi connectivity index (χ2n) is 6.17. The van der Waals surface area contributed by atoms with E-state index in [1.807, 2.05) is 25.1 Å². The monoisotopic (exact) mass is 404 g/mol. The molecule has 0 aromatic heterocycles. The Kier molecular flexibility index (Phi) is 6.81. The van der Waals surface area contributed by atoms with Gasteiger partial charge in [0.25, 0.3) is 5.17 Å². The van der Waals surface area contributed by atoms with Crippen molar-refractivity contribution >= 4 is 28.7 Å². The van der Waals surface area contributed by atoms with Gasteiger partial charge < -0.3 is 9.64 Å². The van der Waals surface area contributed by atoms with Crippen molar-refractivity contribution in [3.8, 4) is 6.07 Å². The number of rotatable bonds is 4. The largest absolute Gasteiger partial charge is 0.430 e. The molecule has 0 atom stereocenters. The maximum Gasteiger partial charge on any atom is 0.417 e. The zero-order valence-corrected chi connectivity index (χ0v) is 16.5. The van der Waals surface area contributed by atoms with Gasteiger partial charge in [-0.1, -0.05) is 49.4 Å². The lowest BCUT2D eigenvalue weighted by atomic mass is 9.97. The Labute approximate surface area is 167 Å². The summed E-state index contributed by atoms with van der Waals surface area (Å²) in [5, 5.41) is 9.71. The molecule has 28 heavy (non-hydrogen) atoms. The molecule has 0 aliphatic carbocycles. The van der Waals surface area contributed by atoms with Crippen molar-refractivity contribution in [2.45, 2.75) is 19.5 Å². The summed E-state index contributed by atoms with van der Waals surface area (Å²) in [6.45, 7) is 1.99. The topological polar surface area (TPSA) is 36.3 Å². The predicted octanol–water partition coefficient (Wildman–Crippen LogP) is 5.52. The number of aryl methyl sites for hydroxylation is 1. The van der Waals surface area contributed by atoms with Gasteiger partial charge in [0.05, 0.1) is 5.56 Å². The van der Waals surface area contributed by atoms with Gasteiger partial charge in [-0.3, -0.25) is 0 Å². The van der Waals surface area contributed by atoms with E-state index in [0.717, 1.165) is 18.1 Å². The van der Waals surface area contributed by atoms with Crippen LogP contribution in [-0.2, 0) is 17.3 Å². The van der Waals surface area contributed by atoms with E-state index >= 15 is 0 Å². The summed E-state index contributed by atoms with van der Waals surface area (Å²) in [5.41, 5.74) is 0.333. The molecule has 0 unspecified atom stereocenters. The van der Waals surface area contributed by atoms with Crippen molar-refractivity contribution < 1.29 is 17.9 Å². The van der Waals surface area contributed by atoms with Crippen LogP contribution in [0.4, 0.5) is 13.2 Å². The molecule has 0 aliphatic heterocycles. The molecule has 0 N–H and O–H groups in total. The molecular formula is C21H19F3N2OS. The Hall–Kier alpha value is -2.85. The highest BCUT2D eigenvalue weighted by atomic mass is 32.1. The third kappa shape index (κ3) is 4.90. The zero-order chi connectivity index (χ0) is 20.9. The molecule has 3 nitrogen and oxygen atoms in total. The normalized spacial score (nSPS) is 12.0. The van der Waals surface area contributed by atoms with Crippen molar-refractivity contribution in [2.75, 3.05) is 14.1 Å². The fourth-order valence-electron chi connectivity index (χ4n) is 2.50. The molecule has 146 valence electrons. The minimum atomic E-state index is -4.61.